The topological polar surface area (TPSA) is 12.5 Å². The van der Waals surface area contributed by atoms with E-state index < -0.39 is 0 Å². The fraction of sp³-hybridized carbons (Fsp3) is 0.750. The number of piperidine rings is 1. The first-order chi connectivity index (χ1) is 5.36. The summed E-state index contributed by atoms with van der Waals surface area (Å²) < 4.78 is 4.90. The highest BCUT2D eigenvalue weighted by Gasteiger charge is 2.17. The van der Waals surface area contributed by atoms with Crippen LogP contribution in [-0.2, 0) is 4.65 Å². The van der Waals surface area contributed by atoms with Gasteiger partial charge in [0, 0.05) is 13.0 Å². The SMILES string of the molecule is C#CC1CCN([B]OC)CC1. The summed E-state index contributed by atoms with van der Waals surface area (Å²) in [5.74, 6) is 3.27. The van der Waals surface area contributed by atoms with E-state index in [1.165, 1.54) is 0 Å². The number of terminal acetylenes is 1. The molecule has 1 aliphatic heterocycles. The van der Waals surface area contributed by atoms with Gasteiger partial charge >= 0.3 is 7.62 Å². The summed E-state index contributed by atoms with van der Waals surface area (Å²) in [5, 5.41) is 0. The van der Waals surface area contributed by atoms with Crippen LogP contribution in [0.1, 0.15) is 12.8 Å². The van der Waals surface area contributed by atoms with Crippen molar-refractivity contribution in [2.24, 2.45) is 5.92 Å². The molecule has 2 nitrogen and oxygen atoms in total. The zero-order chi connectivity index (χ0) is 8.10. The Labute approximate surface area is 69.2 Å². The fourth-order valence-electron chi connectivity index (χ4n) is 1.32. The molecule has 11 heavy (non-hydrogen) atoms. The average molecular weight is 150 g/mol. The minimum Gasteiger partial charge on any atom is -0.427 e. The molecule has 0 aromatic carbocycles. The lowest BCUT2D eigenvalue weighted by atomic mass is 9.95. The van der Waals surface area contributed by atoms with Crippen LogP contribution in [0, 0.1) is 18.3 Å². The molecule has 0 amide bonds. The molecule has 1 aliphatic rings. The van der Waals surface area contributed by atoms with Gasteiger partial charge in [-0.3, -0.25) is 0 Å². The molecule has 0 N–H and O–H groups in total. The third-order valence-corrected chi connectivity index (χ3v) is 2.02. The lowest BCUT2D eigenvalue weighted by Gasteiger charge is -2.27. The van der Waals surface area contributed by atoms with E-state index in [0.29, 0.717) is 5.92 Å². The molecule has 0 spiro atoms. The molecule has 0 saturated carbocycles. The minimum atomic E-state index is 0.483. The Morgan fingerprint density at radius 2 is 2.18 bits per heavy atom. The van der Waals surface area contributed by atoms with E-state index in [2.05, 4.69) is 10.7 Å². The summed E-state index contributed by atoms with van der Waals surface area (Å²) in [4.78, 5) is 2.16. The predicted molar refractivity (Wildman–Crippen MR) is 45.9 cm³/mol. The molecule has 3 heteroatoms. The van der Waals surface area contributed by atoms with Crippen molar-refractivity contribution in [3.63, 3.8) is 0 Å². The smallest absolute Gasteiger partial charge is 0.398 e. The second-order valence-electron chi connectivity index (χ2n) is 2.82. The van der Waals surface area contributed by atoms with E-state index >= 15 is 0 Å². The quantitative estimate of drug-likeness (QED) is 0.420. The average Bonchev–Trinajstić information content (AvgIpc) is 2.07. The summed E-state index contributed by atoms with van der Waals surface area (Å²) in [6, 6.07) is 0. The van der Waals surface area contributed by atoms with Gasteiger partial charge in [0.1, 0.15) is 0 Å². The van der Waals surface area contributed by atoms with Crippen LogP contribution < -0.4 is 0 Å². The third kappa shape index (κ3) is 2.57. The number of hydrogen-bond acceptors (Lipinski definition) is 2. The Bertz CT molecular complexity index is 147. The molecule has 0 aromatic heterocycles. The zero-order valence-electron chi connectivity index (χ0n) is 6.92. The molecular formula is C8H13BNO. The van der Waals surface area contributed by atoms with Gasteiger partial charge in [-0.2, -0.15) is 0 Å². The molecule has 0 aromatic rings. The van der Waals surface area contributed by atoms with Crippen LogP contribution in [0.5, 0.6) is 0 Å². The summed E-state index contributed by atoms with van der Waals surface area (Å²) in [6.45, 7) is 2.06. The standard InChI is InChI=1S/C8H13BNO/c1-3-8-4-6-10(7-5-8)9-11-2/h1,8H,4-7H2,2H3. The van der Waals surface area contributed by atoms with Crippen LogP contribution in [0.4, 0.5) is 0 Å². The van der Waals surface area contributed by atoms with Crippen molar-refractivity contribution in [2.75, 3.05) is 20.2 Å². The van der Waals surface area contributed by atoms with E-state index in [1.54, 1.807) is 14.7 Å². The molecule has 1 heterocycles. The summed E-state index contributed by atoms with van der Waals surface area (Å²) in [6.07, 6.45) is 7.50. The highest BCUT2D eigenvalue weighted by atomic mass is 16.4. The van der Waals surface area contributed by atoms with Crippen molar-refractivity contribution in [1.82, 2.24) is 4.81 Å². The van der Waals surface area contributed by atoms with Crippen molar-refractivity contribution in [2.45, 2.75) is 12.8 Å². The molecule has 1 fully saturated rings. The van der Waals surface area contributed by atoms with E-state index in [0.717, 1.165) is 25.9 Å². The van der Waals surface area contributed by atoms with Gasteiger partial charge in [0.05, 0.1) is 0 Å². The molecule has 0 atom stereocenters. The third-order valence-electron chi connectivity index (χ3n) is 2.02. The predicted octanol–water partition coefficient (Wildman–Crippen LogP) is 0.512. The second-order valence-corrected chi connectivity index (χ2v) is 2.82. The Kier molecular flexibility index (Phi) is 3.48. The summed E-state index contributed by atoms with van der Waals surface area (Å²) in [7, 11) is 3.44. The highest BCUT2D eigenvalue weighted by molar-refractivity contribution is 6.23. The second kappa shape index (κ2) is 4.43. The Morgan fingerprint density at radius 3 is 2.64 bits per heavy atom. The van der Waals surface area contributed by atoms with E-state index in [9.17, 15) is 0 Å². The maximum atomic E-state index is 5.31. The maximum absolute atomic E-state index is 5.31. The Hall–Kier alpha value is -0.455. The van der Waals surface area contributed by atoms with Gasteiger partial charge in [-0.1, -0.05) is 0 Å². The summed E-state index contributed by atoms with van der Waals surface area (Å²) >= 11 is 0. The van der Waals surface area contributed by atoms with Gasteiger partial charge in [0.2, 0.25) is 0 Å². The molecule has 0 aliphatic carbocycles. The lowest BCUT2D eigenvalue weighted by molar-refractivity contribution is 0.275. The fourth-order valence-corrected chi connectivity index (χ4v) is 1.32. The first kappa shape index (κ1) is 8.64. The van der Waals surface area contributed by atoms with E-state index in [1.807, 2.05) is 0 Å². The van der Waals surface area contributed by atoms with Crippen molar-refractivity contribution in [1.29, 1.82) is 0 Å². The van der Waals surface area contributed by atoms with Crippen LogP contribution in [0.25, 0.3) is 0 Å². The molecule has 1 rings (SSSR count). The van der Waals surface area contributed by atoms with Crippen LogP contribution in [0.15, 0.2) is 0 Å². The number of rotatable bonds is 2. The number of hydrogen-bond donors (Lipinski definition) is 0. The molecular weight excluding hydrogens is 137 g/mol. The van der Waals surface area contributed by atoms with Gasteiger partial charge in [-0.15, -0.1) is 12.3 Å². The molecule has 0 bridgehead atoms. The highest BCUT2D eigenvalue weighted by Crippen LogP contribution is 2.14. The molecule has 1 radical (unpaired) electrons. The maximum Gasteiger partial charge on any atom is 0.398 e. The zero-order valence-corrected chi connectivity index (χ0v) is 6.92. The lowest BCUT2D eigenvalue weighted by Crippen LogP contribution is -2.36. The van der Waals surface area contributed by atoms with Crippen LogP contribution in [0.3, 0.4) is 0 Å². The first-order valence-electron chi connectivity index (χ1n) is 3.93. The first-order valence-corrected chi connectivity index (χ1v) is 3.93. The normalized spacial score (nSPS) is 21.1. The van der Waals surface area contributed by atoms with E-state index in [-0.39, 0.29) is 0 Å². The summed E-state index contributed by atoms with van der Waals surface area (Å²) in [5.41, 5.74) is 0. The van der Waals surface area contributed by atoms with Gasteiger partial charge in [0.15, 0.2) is 0 Å². The van der Waals surface area contributed by atoms with Gasteiger partial charge in [0.25, 0.3) is 0 Å². The molecule has 1 saturated heterocycles. The van der Waals surface area contributed by atoms with Crippen LogP contribution in [-0.4, -0.2) is 32.6 Å². The minimum absolute atomic E-state index is 0.483. The van der Waals surface area contributed by atoms with Gasteiger partial charge in [-0.25, -0.2) is 0 Å². The monoisotopic (exact) mass is 150 g/mol. The van der Waals surface area contributed by atoms with Crippen molar-refractivity contribution >= 4 is 7.62 Å². The van der Waals surface area contributed by atoms with Crippen molar-refractivity contribution in [3.05, 3.63) is 0 Å². The van der Waals surface area contributed by atoms with Crippen molar-refractivity contribution in [3.8, 4) is 12.3 Å². The van der Waals surface area contributed by atoms with Gasteiger partial charge in [-0.05, 0) is 25.9 Å². The van der Waals surface area contributed by atoms with Crippen molar-refractivity contribution < 1.29 is 4.65 Å². The molecule has 0 unspecified atom stereocenters. The van der Waals surface area contributed by atoms with Crippen LogP contribution in [0.2, 0.25) is 0 Å². The Morgan fingerprint density at radius 1 is 1.55 bits per heavy atom. The van der Waals surface area contributed by atoms with Crippen LogP contribution >= 0.6 is 0 Å². The number of nitrogens with zero attached hydrogens (tertiary/aromatic N) is 1. The Balaban J connectivity index is 2.20. The van der Waals surface area contributed by atoms with E-state index in [4.69, 9.17) is 11.1 Å². The largest absolute Gasteiger partial charge is 0.427 e. The van der Waals surface area contributed by atoms with Gasteiger partial charge < -0.3 is 9.47 Å². The molecule has 59 valence electrons.